The van der Waals surface area contributed by atoms with Gasteiger partial charge >= 0.3 is 0 Å². The summed E-state index contributed by atoms with van der Waals surface area (Å²) in [5.41, 5.74) is -6.28. The summed E-state index contributed by atoms with van der Waals surface area (Å²) in [6.07, 6.45) is 1.56. The molecule has 0 aromatic rings. The van der Waals surface area contributed by atoms with Crippen molar-refractivity contribution in [3.63, 3.8) is 0 Å². The van der Waals surface area contributed by atoms with Gasteiger partial charge in [-0.15, -0.1) is 0 Å². The van der Waals surface area contributed by atoms with Gasteiger partial charge in [-0.1, -0.05) is 19.9 Å². The minimum atomic E-state index is -2.16. The van der Waals surface area contributed by atoms with E-state index in [1.165, 1.54) is 18.2 Å². The minimum absolute atomic E-state index is 0.00746. The van der Waals surface area contributed by atoms with E-state index < -0.39 is 64.5 Å². The van der Waals surface area contributed by atoms with Gasteiger partial charge in [-0.2, -0.15) is 0 Å². The predicted molar refractivity (Wildman–Crippen MR) is 101 cm³/mol. The van der Waals surface area contributed by atoms with E-state index in [2.05, 4.69) is 0 Å². The van der Waals surface area contributed by atoms with Crippen molar-refractivity contribution in [1.29, 1.82) is 0 Å². The van der Waals surface area contributed by atoms with Crippen LogP contribution in [-0.4, -0.2) is 62.1 Å². The van der Waals surface area contributed by atoms with E-state index in [0.717, 1.165) is 0 Å². The predicted octanol–water partition coefficient (Wildman–Crippen LogP) is 0.866. The summed E-state index contributed by atoms with van der Waals surface area (Å²) in [5, 5.41) is 42.8. The van der Waals surface area contributed by atoms with Crippen LogP contribution in [0.4, 0.5) is 4.39 Å². The number of aliphatic hydroxyl groups is 4. The number of allylic oxidation sites excluding steroid dienone is 3. The third-order valence-corrected chi connectivity index (χ3v) is 8.82. The van der Waals surface area contributed by atoms with Crippen LogP contribution in [0.1, 0.15) is 40.0 Å². The van der Waals surface area contributed by atoms with Crippen molar-refractivity contribution in [2.24, 2.45) is 28.6 Å². The maximum Gasteiger partial charge on any atom is 0.190 e. The zero-order valence-electron chi connectivity index (χ0n) is 16.9. The smallest absolute Gasteiger partial charge is 0.190 e. The van der Waals surface area contributed by atoms with Crippen LogP contribution in [0.2, 0.25) is 0 Å². The van der Waals surface area contributed by atoms with Gasteiger partial charge in [0.05, 0.1) is 12.2 Å². The number of aliphatic hydroxyl groups excluding tert-OH is 3. The van der Waals surface area contributed by atoms with Crippen LogP contribution in [-0.2, 0) is 9.59 Å². The number of rotatable bonds is 2. The van der Waals surface area contributed by atoms with Gasteiger partial charge in [-0.05, 0) is 55.7 Å². The van der Waals surface area contributed by atoms with Gasteiger partial charge in [-0.25, -0.2) is 4.39 Å². The summed E-state index contributed by atoms with van der Waals surface area (Å²) in [7, 11) is 0. The summed E-state index contributed by atoms with van der Waals surface area (Å²) in [6, 6.07) is 0. The molecule has 3 fully saturated rings. The fourth-order valence-electron chi connectivity index (χ4n) is 7.30. The monoisotopic (exact) mass is 408 g/mol. The van der Waals surface area contributed by atoms with Crippen molar-refractivity contribution in [2.45, 2.75) is 63.5 Å². The normalized spacial score (nSPS) is 53.7. The van der Waals surface area contributed by atoms with Crippen LogP contribution in [0, 0.1) is 28.6 Å². The first-order valence-electron chi connectivity index (χ1n) is 10.2. The fourth-order valence-corrected chi connectivity index (χ4v) is 7.30. The summed E-state index contributed by atoms with van der Waals surface area (Å²) in [5.74, 6) is -2.89. The van der Waals surface area contributed by atoms with E-state index in [4.69, 9.17) is 0 Å². The standard InChI is InChI=1S/C22H29FO6/c1-11-6-13-14-8-16(26)15-7-12(25)4-5-19(15,2)21(14,23)17(27)9-20(13,3)22(11,29)18(28)10-24/h4-5,7,11,13-14,16-17,24,26-27,29H,6,8-10H2,1-3H3/t11-,13+,14+,16?,17+,19+,20+,21+,22+/m1/s1. The van der Waals surface area contributed by atoms with Crippen molar-refractivity contribution in [3.05, 3.63) is 23.8 Å². The molecule has 3 saturated carbocycles. The molecule has 0 heterocycles. The van der Waals surface area contributed by atoms with Crippen molar-refractivity contribution in [2.75, 3.05) is 6.61 Å². The molecule has 0 spiro atoms. The van der Waals surface area contributed by atoms with Gasteiger partial charge in [0.2, 0.25) is 0 Å². The highest BCUT2D eigenvalue weighted by Gasteiger charge is 2.76. The largest absolute Gasteiger partial charge is 0.390 e. The molecule has 160 valence electrons. The van der Waals surface area contributed by atoms with Gasteiger partial charge in [0.15, 0.2) is 17.2 Å². The summed E-state index contributed by atoms with van der Waals surface area (Å²) < 4.78 is 16.9. The highest BCUT2D eigenvalue weighted by Crippen LogP contribution is 2.70. The second-order valence-corrected chi connectivity index (χ2v) is 9.89. The van der Waals surface area contributed by atoms with E-state index in [9.17, 15) is 30.0 Å². The van der Waals surface area contributed by atoms with Crippen molar-refractivity contribution >= 4 is 11.6 Å². The van der Waals surface area contributed by atoms with Crippen LogP contribution >= 0.6 is 0 Å². The van der Waals surface area contributed by atoms with E-state index in [-0.39, 0.29) is 24.2 Å². The van der Waals surface area contributed by atoms with Crippen LogP contribution in [0.15, 0.2) is 23.8 Å². The zero-order valence-corrected chi connectivity index (χ0v) is 16.9. The quantitative estimate of drug-likeness (QED) is 0.539. The third-order valence-electron chi connectivity index (χ3n) is 8.82. The first kappa shape index (κ1) is 20.8. The number of ketones is 2. The molecule has 1 unspecified atom stereocenters. The van der Waals surface area contributed by atoms with E-state index in [0.29, 0.717) is 6.42 Å². The second kappa shape index (κ2) is 6.06. The molecule has 0 bridgehead atoms. The van der Waals surface area contributed by atoms with E-state index >= 15 is 4.39 Å². The molecule has 4 aliphatic rings. The number of alkyl halides is 1. The molecule has 4 aliphatic carbocycles. The van der Waals surface area contributed by atoms with E-state index in [1.54, 1.807) is 20.8 Å². The number of hydrogen-bond acceptors (Lipinski definition) is 6. The minimum Gasteiger partial charge on any atom is -0.390 e. The van der Waals surface area contributed by atoms with Crippen LogP contribution in [0.25, 0.3) is 0 Å². The van der Waals surface area contributed by atoms with Gasteiger partial charge in [0.25, 0.3) is 0 Å². The first-order valence-corrected chi connectivity index (χ1v) is 10.2. The highest BCUT2D eigenvalue weighted by atomic mass is 19.1. The van der Waals surface area contributed by atoms with Gasteiger partial charge < -0.3 is 20.4 Å². The second-order valence-electron chi connectivity index (χ2n) is 9.89. The molecule has 0 aromatic heterocycles. The lowest BCUT2D eigenvalue weighted by molar-refractivity contribution is -0.226. The van der Waals surface area contributed by atoms with Gasteiger partial charge in [-0.3, -0.25) is 9.59 Å². The third kappa shape index (κ3) is 2.19. The highest BCUT2D eigenvalue weighted by molar-refractivity contribution is 6.01. The molecule has 0 saturated heterocycles. The van der Waals surface area contributed by atoms with Crippen LogP contribution in [0.5, 0.6) is 0 Å². The number of fused-ring (bicyclic) bond motifs is 5. The molecule has 0 radical (unpaired) electrons. The average Bonchev–Trinajstić information content (AvgIpc) is 2.86. The molecular formula is C22H29FO6. The lowest BCUT2D eigenvalue weighted by Crippen LogP contribution is -2.70. The Hall–Kier alpha value is -1.41. The molecule has 4 rings (SSSR count). The van der Waals surface area contributed by atoms with Gasteiger partial charge in [0, 0.05) is 16.7 Å². The maximum atomic E-state index is 16.9. The molecule has 7 heteroatoms. The topological polar surface area (TPSA) is 115 Å². The Morgan fingerprint density at radius 3 is 2.52 bits per heavy atom. The molecule has 0 aliphatic heterocycles. The number of Topliss-reactive ketones (excluding diaryl/α,β-unsaturated/α-hetero) is 1. The fraction of sp³-hybridized carbons (Fsp3) is 0.727. The Morgan fingerprint density at radius 2 is 1.90 bits per heavy atom. The molecule has 9 atom stereocenters. The number of halogens is 1. The van der Waals surface area contributed by atoms with Crippen LogP contribution in [0.3, 0.4) is 0 Å². The first-order chi connectivity index (χ1) is 13.4. The summed E-state index contributed by atoms with van der Waals surface area (Å²) in [6.45, 7) is 4.14. The Kier molecular flexibility index (Phi) is 4.36. The molecular weight excluding hydrogens is 379 g/mol. The Balaban J connectivity index is 1.87. The molecule has 6 nitrogen and oxygen atoms in total. The van der Waals surface area contributed by atoms with Crippen molar-refractivity contribution in [1.82, 2.24) is 0 Å². The summed E-state index contributed by atoms with van der Waals surface area (Å²) >= 11 is 0. The summed E-state index contributed by atoms with van der Waals surface area (Å²) in [4.78, 5) is 24.4. The number of hydrogen-bond donors (Lipinski definition) is 4. The maximum absolute atomic E-state index is 16.9. The lowest BCUT2D eigenvalue weighted by Gasteiger charge is -2.63. The van der Waals surface area contributed by atoms with Crippen molar-refractivity contribution < 1.29 is 34.4 Å². The zero-order chi connectivity index (χ0) is 21.6. The average molecular weight is 408 g/mol. The van der Waals surface area contributed by atoms with Crippen molar-refractivity contribution in [3.8, 4) is 0 Å². The molecule has 0 aromatic carbocycles. The molecule has 0 amide bonds. The Morgan fingerprint density at radius 1 is 1.24 bits per heavy atom. The van der Waals surface area contributed by atoms with Gasteiger partial charge in [0.1, 0.15) is 12.2 Å². The number of carbonyl (C=O) groups is 2. The lowest BCUT2D eigenvalue weighted by atomic mass is 9.44. The van der Waals surface area contributed by atoms with E-state index in [1.807, 2.05) is 0 Å². The molecule has 4 N–H and O–H groups in total. The molecule has 29 heavy (non-hydrogen) atoms. The Bertz CT molecular complexity index is 837. The van der Waals surface area contributed by atoms with Crippen LogP contribution < -0.4 is 0 Å². The number of carbonyl (C=O) groups excluding carboxylic acids is 2. The Labute approximate surface area is 169 Å². The SMILES string of the molecule is C[C@@H]1C[C@H]2[C@@H]3CC(O)C4=CC(=O)C=C[C@]4(C)[C@@]3(F)[C@@H](O)C[C@]2(C)[C@@]1(O)C(=O)CO.